The van der Waals surface area contributed by atoms with Crippen molar-refractivity contribution in [3.05, 3.63) is 36.5 Å². The summed E-state index contributed by atoms with van der Waals surface area (Å²) in [7, 11) is 0. The van der Waals surface area contributed by atoms with Crippen LogP contribution in [-0.2, 0) is 16.1 Å². The standard InChI is InChI=1S/C15H20N4O2.2ClH/c16-10-14(20)18-11-15(21)17-7-3-8-19-9-6-12-4-1-2-5-13(12)19;;/h1-2,4-6,9H,3,7-8,10-11,16H2,(H,17,21)(H,18,20);2*1H. The Morgan fingerprint density at radius 1 is 1.04 bits per heavy atom. The van der Waals surface area contributed by atoms with Gasteiger partial charge in [-0.2, -0.15) is 0 Å². The molecular weight excluding hydrogens is 339 g/mol. The normalized spacial score (nSPS) is 9.61. The van der Waals surface area contributed by atoms with Gasteiger partial charge in [-0.15, -0.1) is 24.8 Å². The van der Waals surface area contributed by atoms with E-state index in [1.807, 2.05) is 18.3 Å². The molecule has 0 aliphatic heterocycles. The van der Waals surface area contributed by atoms with E-state index in [9.17, 15) is 9.59 Å². The molecule has 0 saturated carbocycles. The van der Waals surface area contributed by atoms with E-state index in [0.29, 0.717) is 6.54 Å². The van der Waals surface area contributed by atoms with Gasteiger partial charge < -0.3 is 20.9 Å². The Hall–Kier alpha value is -1.76. The number of carbonyl (C=O) groups is 2. The number of nitrogens with one attached hydrogen (secondary N) is 2. The SMILES string of the molecule is Cl.Cl.NCC(=O)NCC(=O)NCCCn1ccc2ccccc21. The molecule has 0 atom stereocenters. The van der Waals surface area contributed by atoms with E-state index in [4.69, 9.17) is 5.73 Å². The van der Waals surface area contributed by atoms with Crippen molar-refractivity contribution in [2.75, 3.05) is 19.6 Å². The van der Waals surface area contributed by atoms with Gasteiger partial charge in [0.2, 0.25) is 11.8 Å². The van der Waals surface area contributed by atoms with Gasteiger partial charge in [0, 0.05) is 24.8 Å². The third-order valence-corrected chi connectivity index (χ3v) is 3.21. The third kappa shape index (κ3) is 6.48. The van der Waals surface area contributed by atoms with E-state index in [-0.39, 0.29) is 49.7 Å². The lowest BCUT2D eigenvalue weighted by Gasteiger charge is -2.08. The maximum atomic E-state index is 11.5. The lowest BCUT2D eigenvalue weighted by molar-refractivity contribution is -0.125. The molecule has 0 aliphatic carbocycles. The number of rotatable bonds is 7. The Labute approximate surface area is 147 Å². The largest absolute Gasteiger partial charge is 0.355 e. The van der Waals surface area contributed by atoms with Gasteiger partial charge in [-0.3, -0.25) is 9.59 Å². The second kappa shape index (κ2) is 10.9. The minimum Gasteiger partial charge on any atom is -0.355 e. The van der Waals surface area contributed by atoms with Crippen LogP contribution in [-0.4, -0.2) is 36.0 Å². The van der Waals surface area contributed by atoms with Crippen LogP contribution < -0.4 is 16.4 Å². The number of carbonyl (C=O) groups excluding carboxylic acids is 2. The smallest absolute Gasteiger partial charge is 0.239 e. The molecule has 128 valence electrons. The molecule has 2 amide bonds. The lowest BCUT2D eigenvalue weighted by Crippen LogP contribution is -2.39. The van der Waals surface area contributed by atoms with Gasteiger partial charge in [-0.25, -0.2) is 0 Å². The number of aromatic nitrogens is 1. The Bertz CT molecular complexity index is 631. The first-order valence-electron chi connectivity index (χ1n) is 6.98. The fourth-order valence-electron chi connectivity index (χ4n) is 2.13. The van der Waals surface area contributed by atoms with Crippen LogP contribution >= 0.6 is 24.8 Å². The zero-order chi connectivity index (χ0) is 15.1. The first-order valence-corrected chi connectivity index (χ1v) is 6.98. The van der Waals surface area contributed by atoms with E-state index in [2.05, 4.69) is 33.4 Å². The van der Waals surface area contributed by atoms with Crippen LogP contribution in [0, 0.1) is 0 Å². The highest BCUT2D eigenvalue weighted by Gasteiger charge is 2.03. The van der Waals surface area contributed by atoms with Gasteiger partial charge in [-0.1, -0.05) is 18.2 Å². The van der Waals surface area contributed by atoms with Gasteiger partial charge >= 0.3 is 0 Å². The minimum atomic E-state index is -0.330. The quantitative estimate of drug-likeness (QED) is 0.645. The predicted octanol–water partition coefficient (Wildman–Crippen LogP) is 1.07. The molecule has 0 unspecified atom stereocenters. The van der Waals surface area contributed by atoms with Gasteiger partial charge in [0.25, 0.3) is 0 Å². The van der Waals surface area contributed by atoms with Crippen molar-refractivity contribution in [2.45, 2.75) is 13.0 Å². The van der Waals surface area contributed by atoms with Crippen molar-refractivity contribution in [2.24, 2.45) is 5.73 Å². The van der Waals surface area contributed by atoms with Crippen LogP contribution in [0.3, 0.4) is 0 Å². The summed E-state index contributed by atoms with van der Waals surface area (Å²) < 4.78 is 2.16. The van der Waals surface area contributed by atoms with Crippen molar-refractivity contribution in [3.63, 3.8) is 0 Å². The summed E-state index contributed by atoms with van der Waals surface area (Å²) >= 11 is 0. The van der Waals surface area contributed by atoms with Crippen molar-refractivity contribution in [1.82, 2.24) is 15.2 Å². The summed E-state index contributed by atoms with van der Waals surface area (Å²) in [5.41, 5.74) is 6.33. The Morgan fingerprint density at radius 3 is 2.52 bits per heavy atom. The number of fused-ring (bicyclic) bond motifs is 1. The summed E-state index contributed by atoms with van der Waals surface area (Å²) in [5.74, 6) is -0.530. The molecule has 0 saturated heterocycles. The molecule has 0 bridgehead atoms. The average molecular weight is 361 g/mol. The number of para-hydroxylation sites is 1. The van der Waals surface area contributed by atoms with Crippen LogP contribution in [0.15, 0.2) is 36.5 Å². The molecule has 0 spiro atoms. The minimum absolute atomic E-state index is 0. The summed E-state index contributed by atoms with van der Waals surface area (Å²) in [6, 6.07) is 10.3. The van der Waals surface area contributed by atoms with E-state index in [1.54, 1.807) is 0 Å². The van der Waals surface area contributed by atoms with E-state index < -0.39 is 0 Å². The summed E-state index contributed by atoms with van der Waals surface area (Å²) in [5, 5.41) is 6.41. The number of hydrogen-bond acceptors (Lipinski definition) is 3. The molecule has 0 fully saturated rings. The second-order valence-electron chi connectivity index (χ2n) is 4.75. The number of benzene rings is 1. The van der Waals surface area contributed by atoms with Gasteiger partial charge in [-0.05, 0) is 23.9 Å². The molecular formula is C15H22Cl2N4O2. The van der Waals surface area contributed by atoms with Crippen LogP contribution in [0.1, 0.15) is 6.42 Å². The highest BCUT2D eigenvalue weighted by Crippen LogP contribution is 2.14. The topological polar surface area (TPSA) is 89.2 Å². The number of hydrogen-bond donors (Lipinski definition) is 3. The molecule has 2 rings (SSSR count). The molecule has 1 heterocycles. The summed E-state index contributed by atoms with van der Waals surface area (Å²) in [4.78, 5) is 22.4. The van der Waals surface area contributed by atoms with E-state index >= 15 is 0 Å². The van der Waals surface area contributed by atoms with E-state index in [0.717, 1.165) is 13.0 Å². The molecule has 23 heavy (non-hydrogen) atoms. The molecule has 4 N–H and O–H groups in total. The molecule has 2 aromatic rings. The zero-order valence-corrected chi connectivity index (χ0v) is 14.3. The highest BCUT2D eigenvalue weighted by molar-refractivity contribution is 5.86. The maximum absolute atomic E-state index is 11.5. The van der Waals surface area contributed by atoms with Gasteiger partial charge in [0.05, 0.1) is 13.1 Å². The van der Waals surface area contributed by atoms with Gasteiger partial charge in [0.1, 0.15) is 0 Å². The average Bonchev–Trinajstić information content (AvgIpc) is 2.92. The van der Waals surface area contributed by atoms with Crippen molar-refractivity contribution >= 4 is 47.5 Å². The van der Waals surface area contributed by atoms with Crippen molar-refractivity contribution < 1.29 is 9.59 Å². The molecule has 6 nitrogen and oxygen atoms in total. The van der Waals surface area contributed by atoms with Crippen LogP contribution in [0.5, 0.6) is 0 Å². The third-order valence-electron chi connectivity index (χ3n) is 3.21. The Morgan fingerprint density at radius 2 is 1.78 bits per heavy atom. The lowest BCUT2D eigenvalue weighted by atomic mass is 10.2. The molecule has 0 aliphatic rings. The molecule has 0 radical (unpaired) electrons. The number of nitrogens with zero attached hydrogens (tertiary/aromatic N) is 1. The maximum Gasteiger partial charge on any atom is 0.239 e. The van der Waals surface area contributed by atoms with Crippen molar-refractivity contribution in [3.8, 4) is 0 Å². The van der Waals surface area contributed by atoms with Crippen LogP contribution in [0.25, 0.3) is 10.9 Å². The second-order valence-corrected chi connectivity index (χ2v) is 4.75. The molecule has 1 aromatic carbocycles. The fraction of sp³-hybridized carbons (Fsp3) is 0.333. The fourth-order valence-corrected chi connectivity index (χ4v) is 2.13. The number of amides is 2. The van der Waals surface area contributed by atoms with Crippen LogP contribution in [0.2, 0.25) is 0 Å². The first kappa shape index (κ1) is 21.2. The van der Waals surface area contributed by atoms with E-state index in [1.165, 1.54) is 10.9 Å². The Balaban J connectivity index is 0.00000242. The summed E-state index contributed by atoms with van der Waals surface area (Å²) in [6.07, 6.45) is 2.88. The van der Waals surface area contributed by atoms with Crippen LogP contribution in [0.4, 0.5) is 0 Å². The van der Waals surface area contributed by atoms with Gasteiger partial charge in [0.15, 0.2) is 0 Å². The molecule has 1 aromatic heterocycles. The number of halogens is 2. The predicted molar refractivity (Wildman–Crippen MR) is 96.1 cm³/mol. The summed E-state index contributed by atoms with van der Waals surface area (Å²) in [6.45, 7) is 1.28. The number of nitrogens with two attached hydrogens (primary N) is 1. The Kier molecular flexibility index (Phi) is 10.0. The molecule has 8 heteroatoms. The van der Waals surface area contributed by atoms with Crippen molar-refractivity contribution in [1.29, 1.82) is 0 Å². The number of aryl methyl sites for hydroxylation is 1. The zero-order valence-electron chi connectivity index (χ0n) is 12.7. The monoisotopic (exact) mass is 360 g/mol. The highest BCUT2D eigenvalue weighted by atomic mass is 35.5. The first-order chi connectivity index (χ1) is 10.2.